The van der Waals surface area contributed by atoms with Gasteiger partial charge in [0, 0.05) is 42.0 Å². The number of hydrogen-bond donors (Lipinski definition) is 2. The zero-order chi connectivity index (χ0) is 16.2. The van der Waals surface area contributed by atoms with Crippen molar-refractivity contribution in [3.05, 3.63) is 35.1 Å². The summed E-state index contributed by atoms with van der Waals surface area (Å²) in [5.41, 5.74) is 2.47. The Hall–Kier alpha value is -2.90. The lowest BCUT2D eigenvalue weighted by Gasteiger charge is -2.45. The van der Waals surface area contributed by atoms with Gasteiger partial charge in [0.25, 0.3) is 0 Å². The fourth-order valence-corrected chi connectivity index (χ4v) is 3.01. The third-order valence-corrected chi connectivity index (χ3v) is 4.02. The van der Waals surface area contributed by atoms with Gasteiger partial charge in [0.15, 0.2) is 5.65 Å². The molecule has 1 fully saturated rings. The number of rotatable bonds is 1. The highest BCUT2D eigenvalue weighted by Gasteiger charge is 2.38. The number of imidazole rings is 1. The lowest BCUT2D eigenvalue weighted by atomic mass is 9.85. The number of nitrogens with zero attached hydrogens (tertiary/aromatic N) is 4. The van der Waals surface area contributed by atoms with Crippen LogP contribution in [0.4, 0.5) is 4.79 Å². The molecular weight excluding hydrogens is 296 g/mol. The number of hydrogen-bond acceptors (Lipinski definition) is 4. The summed E-state index contributed by atoms with van der Waals surface area (Å²) in [7, 11) is 0. The zero-order valence-electron chi connectivity index (χ0n) is 12.8. The van der Waals surface area contributed by atoms with Gasteiger partial charge in [-0.1, -0.05) is 13.8 Å². The van der Waals surface area contributed by atoms with Crippen LogP contribution >= 0.6 is 0 Å². The van der Waals surface area contributed by atoms with Crippen molar-refractivity contribution >= 4 is 17.2 Å². The van der Waals surface area contributed by atoms with Crippen molar-refractivity contribution in [3.8, 4) is 11.1 Å². The fourth-order valence-electron chi connectivity index (χ4n) is 3.01. The first-order chi connectivity index (χ1) is 10.9. The van der Waals surface area contributed by atoms with Gasteiger partial charge in [-0.05, 0) is 6.07 Å². The predicted molar refractivity (Wildman–Crippen MR) is 84.1 cm³/mol. The summed E-state index contributed by atoms with van der Waals surface area (Å²) in [5, 5.41) is 4.16. The van der Waals surface area contributed by atoms with Gasteiger partial charge >= 0.3 is 11.7 Å². The highest BCUT2D eigenvalue weighted by atomic mass is 16.2. The standard InChI is InChI=1S/C15H16N6O2/c1-15(2)7-20(8-15)14(23)21-6-9(5-17-21)10-3-4-16-12-11(10)18-13(22)19-12/h3-6H,7-8H2,1-2H3,(H2,16,18,19,22). The summed E-state index contributed by atoms with van der Waals surface area (Å²) in [5.74, 6) is 0. The topological polar surface area (TPSA) is 99.7 Å². The smallest absolute Gasteiger partial charge is 0.322 e. The number of carbonyl (C=O) groups excluding carboxylic acids is 1. The molecule has 4 heterocycles. The highest BCUT2D eigenvalue weighted by molar-refractivity contribution is 5.89. The molecule has 118 valence electrons. The minimum atomic E-state index is -0.314. The zero-order valence-corrected chi connectivity index (χ0v) is 12.8. The molecule has 0 aliphatic carbocycles. The van der Waals surface area contributed by atoms with Crippen molar-refractivity contribution < 1.29 is 4.79 Å². The van der Waals surface area contributed by atoms with Gasteiger partial charge in [0.2, 0.25) is 0 Å². The summed E-state index contributed by atoms with van der Waals surface area (Å²) < 4.78 is 1.33. The van der Waals surface area contributed by atoms with E-state index in [0.717, 1.165) is 24.2 Å². The normalized spacial score (nSPS) is 16.5. The molecule has 0 bridgehead atoms. The predicted octanol–water partition coefficient (Wildman–Crippen LogP) is 1.42. The Kier molecular flexibility index (Phi) is 2.72. The first-order valence-corrected chi connectivity index (χ1v) is 7.34. The quantitative estimate of drug-likeness (QED) is 0.710. The molecule has 3 aromatic heterocycles. The number of amides is 1. The van der Waals surface area contributed by atoms with E-state index in [0.29, 0.717) is 11.2 Å². The van der Waals surface area contributed by atoms with Crippen LogP contribution < -0.4 is 5.69 Å². The second kappa shape index (κ2) is 4.55. The average molecular weight is 312 g/mol. The maximum Gasteiger partial charge on any atom is 0.344 e. The van der Waals surface area contributed by atoms with Crippen molar-refractivity contribution in [1.82, 2.24) is 29.6 Å². The van der Waals surface area contributed by atoms with E-state index in [1.54, 1.807) is 29.6 Å². The van der Waals surface area contributed by atoms with Gasteiger partial charge < -0.3 is 9.88 Å². The van der Waals surface area contributed by atoms with E-state index in [2.05, 4.69) is 33.9 Å². The van der Waals surface area contributed by atoms with Crippen LogP contribution in [0.3, 0.4) is 0 Å². The van der Waals surface area contributed by atoms with Crippen molar-refractivity contribution in [2.75, 3.05) is 13.1 Å². The van der Waals surface area contributed by atoms with Crippen molar-refractivity contribution in [2.45, 2.75) is 13.8 Å². The number of aromatic amines is 2. The van der Waals surface area contributed by atoms with E-state index < -0.39 is 0 Å². The van der Waals surface area contributed by atoms with Gasteiger partial charge in [-0.3, -0.25) is 4.98 Å². The number of pyridine rings is 1. The molecular formula is C15H16N6O2. The monoisotopic (exact) mass is 312 g/mol. The van der Waals surface area contributed by atoms with E-state index in [1.807, 2.05) is 0 Å². The lowest BCUT2D eigenvalue weighted by molar-refractivity contribution is 0.0610. The number of nitrogens with one attached hydrogen (secondary N) is 2. The maximum atomic E-state index is 12.4. The van der Waals surface area contributed by atoms with Gasteiger partial charge in [0.1, 0.15) is 0 Å². The molecule has 1 saturated heterocycles. The summed E-state index contributed by atoms with van der Waals surface area (Å²) in [4.78, 5) is 35.0. The summed E-state index contributed by atoms with van der Waals surface area (Å²) >= 11 is 0. The van der Waals surface area contributed by atoms with Crippen LogP contribution in [-0.2, 0) is 0 Å². The fraction of sp³-hybridized carbons (Fsp3) is 0.333. The van der Waals surface area contributed by atoms with Crippen LogP contribution in [-0.4, -0.2) is 48.8 Å². The molecule has 23 heavy (non-hydrogen) atoms. The summed E-state index contributed by atoms with van der Waals surface area (Å²) in [6, 6.07) is 1.65. The second-order valence-electron chi connectivity index (χ2n) is 6.64. The Morgan fingerprint density at radius 2 is 2.09 bits per heavy atom. The molecule has 1 aliphatic rings. The molecule has 1 aliphatic heterocycles. The largest absolute Gasteiger partial charge is 0.344 e. The Morgan fingerprint density at radius 3 is 2.83 bits per heavy atom. The Morgan fingerprint density at radius 1 is 1.30 bits per heavy atom. The van der Waals surface area contributed by atoms with E-state index in [-0.39, 0.29) is 17.1 Å². The summed E-state index contributed by atoms with van der Waals surface area (Å²) in [6.45, 7) is 5.71. The number of aromatic nitrogens is 5. The number of fused-ring (bicyclic) bond motifs is 1. The SMILES string of the molecule is CC1(C)CN(C(=O)n2cc(-c3ccnc4[nH]c(=O)[nH]c34)cn2)C1. The molecule has 1 amide bonds. The molecule has 8 heteroatoms. The molecule has 0 spiro atoms. The summed E-state index contributed by atoms with van der Waals surface area (Å²) in [6.07, 6.45) is 4.90. The van der Waals surface area contributed by atoms with Crippen LogP contribution in [0.2, 0.25) is 0 Å². The first-order valence-electron chi connectivity index (χ1n) is 7.34. The molecule has 0 saturated carbocycles. The number of carbonyl (C=O) groups is 1. The minimum absolute atomic E-state index is 0.136. The Labute approximate surface area is 131 Å². The maximum absolute atomic E-state index is 12.4. The highest BCUT2D eigenvalue weighted by Crippen LogP contribution is 2.29. The van der Waals surface area contributed by atoms with E-state index >= 15 is 0 Å². The molecule has 8 nitrogen and oxygen atoms in total. The lowest BCUT2D eigenvalue weighted by Crippen LogP contribution is -2.56. The van der Waals surface area contributed by atoms with Crippen LogP contribution in [0.25, 0.3) is 22.3 Å². The van der Waals surface area contributed by atoms with Gasteiger partial charge in [0.05, 0.1) is 11.7 Å². The van der Waals surface area contributed by atoms with Gasteiger partial charge in [-0.25, -0.2) is 14.6 Å². The molecule has 0 unspecified atom stereocenters. The molecule has 0 aromatic carbocycles. The van der Waals surface area contributed by atoms with Crippen LogP contribution in [0, 0.1) is 5.41 Å². The van der Waals surface area contributed by atoms with Crippen molar-refractivity contribution in [1.29, 1.82) is 0 Å². The Bertz CT molecular complexity index is 956. The van der Waals surface area contributed by atoms with Gasteiger partial charge in [-0.2, -0.15) is 9.78 Å². The third-order valence-electron chi connectivity index (χ3n) is 4.02. The van der Waals surface area contributed by atoms with E-state index in [9.17, 15) is 9.59 Å². The first kappa shape index (κ1) is 13.7. The van der Waals surface area contributed by atoms with Crippen LogP contribution in [0.15, 0.2) is 29.5 Å². The van der Waals surface area contributed by atoms with Crippen LogP contribution in [0.1, 0.15) is 13.8 Å². The Balaban J connectivity index is 1.67. The molecule has 2 N–H and O–H groups in total. The van der Waals surface area contributed by atoms with E-state index in [4.69, 9.17) is 0 Å². The minimum Gasteiger partial charge on any atom is -0.322 e. The molecule has 3 aromatic rings. The van der Waals surface area contributed by atoms with E-state index in [1.165, 1.54) is 4.68 Å². The average Bonchev–Trinajstić information content (AvgIpc) is 3.08. The third kappa shape index (κ3) is 2.23. The second-order valence-corrected chi connectivity index (χ2v) is 6.64. The van der Waals surface area contributed by atoms with Gasteiger partial charge in [-0.15, -0.1) is 0 Å². The van der Waals surface area contributed by atoms with Crippen molar-refractivity contribution in [2.24, 2.45) is 5.41 Å². The molecule has 4 rings (SSSR count). The number of likely N-dealkylation sites (tertiary alicyclic amines) is 1. The molecule has 0 radical (unpaired) electrons. The van der Waals surface area contributed by atoms with Crippen molar-refractivity contribution in [3.63, 3.8) is 0 Å². The number of H-pyrrole nitrogens is 2. The molecule has 0 atom stereocenters. The van der Waals surface area contributed by atoms with Crippen LogP contribution in [0.5, 0.6) is 0 Å².